The van der Waals surface area contributed by atoms with Crippen LogP contribution in [0.5, 0.6) is 0 Å². The minimum absolute atomic E-state index is 0.174. The topological polar surface area (TPSA) is 54.1 Å². The van der Waals surface area contributed by atoms with Gasteiger partial charge in [0.05, 0.1) is 5.88 Å². The van der Waals surface area contributed by atoms with Crippen LogP contribution in [0.4, 0.5) is 0 Å². The van der Waals surface area contributed by atoms with Crippen LogP contribution in [0.2, 0.25) is 0 Å². The molecule has 2 fully saturated rings. The van der Waals surface area contributed by atoms with Crippen LogP contribution in [0.1, 0.15) is 76.3 Å². The van der Waals surface area contributed by atoms with E-state index in [2.05, 4.69) is 19.1 Å². The lowest BCUT2D eigenvalue weighted by molar-refractivity contribution is 0.0489. The van der Waals surface area contributed by atoms with Gasteiger partial charge in [0.15, 0.2) is 0 Å². The molecular weight excluding hydrogens is 364 g/mol. The Labute approximate surface area is 167 Å². The Balaban J connectivity index is 0.000000178. The molecule has 0 amide bonds. The molecule has 1 aliphatic carbocycles. The number of alkyl halides is 1. The van der Waals surface area contributed by atoms with Crippen molar-refractivity contribution in [2.24, 2.45) is 0 Å². The quantitative estimate of drug-likeness (QED) is 0.659. The van der Waals surface area contributed by atoms with E-state index in [0.717, 1.165) is 31.1 Å². The molecule has 0 spiro atoms. The van der Waals surface area contributed by atoms with Gasteiger partial charge in [0, 0.05) is 44.5 Å². The number of methoxy groups -OCH3 is 1. The Morgan fingerprint density at radius 1 is 1.04 bits per heavy atom. The molecule has 3 heterocycles. The monoisotopic (exact) mass is 396 g/mol. The number of hydrogen-bond acceptors (Lipinski definition) is 4. The average Bonchev–Trinajstić information content (AvgIpc) is 3.51. The fraction of sp³-hybridized carbons (Fsp3) is 0.700. The highest BCUT2D eigenvalue weighted by atomic mass is 35.5. The molecule has 1 aliphatic heterocycles. The summed E-state index contributed by atoms with van der Waals surface area (Å²) in [6.07, 6.45) is 15.3. The predicted molar refractivity (Wildman–Crippen MR) is 108 cm³/mol. The van der Waals surface area contributed by atoms with Crippen LogP contribution < -0.4 is 0 Å². The number of ether oxygens (including phenoxy) is 2. The zero-order chi connectivity index (χ0) is 19.5. The maximum atomic E-state index is 5.77. The summed E-state index contributed by atoms with van der Waals surface area (Å²) in [6.45, 7) is 5.40. The van der Waals surface area contributed by atoms with E-state index in [-0.39, 0.29) is 6.23 Å². The summed E-state index contributed by atoms with van der Waals surface area (Å²) in [5.74, 6) is 2.49. The lowest BCUT2D eigenvalue weighted by atomic mass is 10.2. The van der Waals surface area contributed by atoms with Gasteiger partial charge >= 0.3 is 0 Å². The number of hydrogen-bond donors (Lipinski definition) is 0. The van der Waals surface area contributed by atoms with E-state index < -0.39 is 0 Å². The minimum Gasteiger partial charge on any atom is -0.377 e. The third-order valence-corrected chi connectivity index (χ3v) is 5.06. The molecule has 152 valence electrons. The van der Waals surface area contributed by atoms with Crippen molar-refractivity contribution < 1.29 is 9.47 Å². The largest absolute Gasteiger partial charge is 0.377 e. The average molecular weight is 397 g/mol. The van der Waals surface area contributed by atoms with Crippen LogP contribution in [0, 0.1) is 0 Å². The highest BCUT2D eigenvalue weighted by Crippen LogP contribution is 2.30. The number of imidazole rings is 2. The van der Waals surface area contributed by atoms with Gasteiger partial charge in [0.25, 0.3) is 0 Å². The van der Waals surface area contributed by atoms with E-state index in [9.17, 15) is 0 Å². The third-order valence-electron chi connectivity index (χ3n) is 4.82. The Bertz CT molecular complexity index is 631. The fourth-order valence-electron chi connectivity index (χ4n) is 3.59. The molecule has 1 saturated carbocycles. The van der Waals surface area contributed by atoms with Gasteiger partial charge in [-0.25, -0.2) is 9.97 Å². The summed E-state index contributed by atoms with van der Waals surface area (Å²) in [7, 11) is 1.68. The Kier molecular flexibility index (Phi) is 9.87. The van der Waals surface area contributed by atoms with Gasteiger partial charge in [-0.05, 0) is 25.7 Å². The number of halogens is 1. The van der Waals surface area contributed by atoms with Crippen molar-refractivity contribution in [3.05, 3.63) is 36.4 Å². The van der Waals surface area contributed by atoms with Crippen LogP contribution in [0.25, 0.3) is 0 Å². The molecule has 2 aromatic rings. The van der Waals surface area contributed by atoms with Gasteiger partial charge < -0.3 is 18.6 Å². The van der Waals surface area contributed by atoms with E-state index in [0.29, 0.717) is 18.5 Å². The second-order valence-electron chi connectivity index (χ2n) is 6.47. The SMILES string of the molecule is CC.COCc1nccn1C1CCCO1.ClCc1nccn1C1CCCC1. The van der Waals surface area contributed by atoms with Crippen LogP contribution in [0.3, 0.4) is 0 Å². The van der Waals surface area contributed by atoms with E-state index in [1.165, 1.54) is 25.7 Å². The molecule has 0 N–H and O–H groups in total. The normalized spacial score (nSPS) is 19.3. The van der Waals surface area contributed by atoms with Gasteiger partial charge in [0.2, 0.25) is 0 Å². The van der Waals surface area contributed by atoms with Crippen molar-refractivity contribution in [1.29, 1.82) is 0 Å². The van der Waals surface area contributed by atoms with Crippen molar-refractivity contribution >= 4 is 11.6 Å². The van der Waals surface area contributed by atoms with Gasteiger partial charge in [-0.2, -0.15) is 0 Å². The minimum atomic E-state index is 0.174. The van der Waals surface area contributed by atoms with Gasteiger partial charge in [-0.1, -0.05) is 26.7 Å². The highest BCUT2D eigenvalue weighted by Gasteiger charge is 2.19. The summed E-state index contributed by atoms with van der Waals surface area (Å²) in [5.41, 5.74) is 0. The Morgan fingerprint density at radius 2 is 1.70 bits per heavy atom. The summed E-state index contributed by atoms with van der Waals surface area (Å²) in [6, 6.07) is 0.668. The predicted octanol–water partition coefficient (Wildman–Crippen LogP) is 5.10. The first-order valence-electron chi connectivity index (χ1n) is 10.0. The van der Waals surface area contributed by atoms with Crippen LogP contribution >= 0.6 is 11.6 Å². The zero-order valence-corrected chi connectivity index (χ0v) is 17.6. The van der Waals surface area contributed by atoms with Gasteiger partial charge in [-0.15, -0.1) is 11.6 Å². The van der Waals surface area contributed by atoms with Crippen molar-refractivity contribution in [2.45, 2.75) is 77.1 Å². The van der Waals surface area contributed by atoms with Crippen molar-refractivity contribution in [2.75, 3.05) is 13.7 Å². The molecule has 2 aromatic heterocycles. The number of nitrogens with zero attached hydrogens (tertiary/aromatic N) is 4. The smallest absolute Gasteiger partial charge is 0.136 e. The van der Waals surface area contributed by atoms with Crippen LogP contribution in [-0.4, -0.2) is 32.8 Å². The molecule has 0 aromatic carbocycles. The molecule has 6 nitrogen and oxygen atoms in total. The van der Waals surface area contributed by atoms with Crippen molar-refractivity contribution in [3.63, 3.8) is 0 Å². The van der Waals surface area contributed by atoms with Crippen LogP contribution in [-0.2, 0) is 22.0 Å². The fourth-order valence-corrected chi connectivity index (χ4v) is 3.80. The van der Waals surface area contributed by atoms with E-state index in [4.69, 9.17) is 21.1 Å². The first-order valence-corrected chi connectivity index (χ1v) is 10.6. The highest BCUT2D eigenvalue weighted by molar-refractivity contribution is 6.16. The van der Waals surface area contributed by atoms with Gasteiger partial charge in [0.1, 0.15) is 24.5 Å². The lowest BCUT2D eigenvalue weighted by Gasteiger charge is -2.13. The first-order chi connectivity index (χ1) is 13.3. The summed E-state index contributed by atoms with van der Waals surface area (Å²) in [5, 5.41) is 0. The molecule has 7 heteroatoms. The molecule has 2 aliphatic rings. The van der Waals surface area contributed by atoms with E-state index in [1.54, 1.807) is 13.3 Å². The number of aromatic nitrogens is 4. The Hall–Kier alpha value is -1.37. The third kappa shape index (κ3) is 6.06. The summed E-state index contributed by atoms with van der Waals surface area (Å²) in [4.78, 5) is 8.42. The second-order valence-corrected chi connectivity index (χ2v) is 6.74. The van der Waals surface area contributed by atoms with Crippen molar-refractivity contribution in [3.8, 4) is 0 Å². The lowest BCUT2D eigenvalue weighted by Crippen LogP contribution is -2.10. The molecule has 0 radical (unpaired) electrons. The van der Waals surface area contributed by atoms with Crippen molar-refractivity contribution in [1.82, 2.24) is 19.1 Å². The molecule has 4 rings (SSSR count). The maximum Gasteiger partial charge on any atom is 0.136 e. The molecule has 1 atom stereocenters. The molecule has 27 heavy (non-hydrogen) atoms. The van der Waals surface area contributed by atoms with E-state index >= 15 is 0 Å². The first kappa shape index (κ1) is 21.9. The standard InChI is InChI=1S/C9H13ClN2.C9H14N2O2.C2H6/c10-7-9-11-5-6-12(9)8-3-1-2-4-8;1-12-7-8-10-4-5-11(8)9-3-2-6-13-9;1-2/h5-6,8H,1-4,7H2;4-5,9H,2-3,6-7H2,1H3;1-2H3. The zero-order valence-electron chi connectivity index (χ0n) is 16.8. The van der Waals surface area contributed by atoms with Gasteiger partial charge in [-0.3, -0.25) is 0 Å². The van der Waals surface area contributed by atoms with Crippen LogP contribution in [0.15, 0.2) is 24.8 Å². The number of rotatable bonds is 5. The molecular formula is C20H33ClN4O2. The summed E-state index contributed by atoms with van der Waals surface area (Å²) >= 11 is 5.77. The summed E-state index contributed by atoms with van der Waals surface area (Å²) < 4.78 is 14.9. The molecule has 1 saturated heterocycles. The Morgan fingerprint density at radius 3 is 2.30 bits per heavy atom. The second kappa shape index (κ2) is 12.2. The maximum absolute atomic E-state index is 5.77. The molecule has 1 unspecified atom stereocenters. The van der Waals surface area contributed by atoms with E-state index in [1.807, 2.05) is 32.4 Å². The molecule has 0 bridgehead atoms.